The zero-order valence-corrected chi connectivity index (χ0v) is 28.0. The monoisotopic (exact) mass is 646 g/mol. The van der Waals surface area contributed by atoms with E-state index >= 15 is 0 Å². The lowest BCUT2D eigenvalue weighted by Gasteiger charge is -2.27. The topological polar surface area (TPSA) is 129 Å². The smallest absolute Gasteiger partial charge is 0.326 e. The summed E-state index contributed by atoms with van der Waals surface area (Å²) >= 11 is 0. The van der Waals surface area contributed by atoms with Gasteiger partial charge in [0, 0.05) is 55.2 Å². The van der Waals surface area contributed by atoms with E-state index < -0.39 is 11.6 Å². The molecule has 10 heteroatoms. The Kier molecular flexibility index (Phi) is 10.8. The lowest BCUT2D eigenvalue weighted by atomic mass is 9.88. The molecule has 0 bridgehead atoms. The van der Waals surface area contributed by atoms with Crippen LogP contribution in [-0.2, 0) is 11.4 Å². The van der Waals surface area contributed by atoms with Gasteiger partial charge in [-0.2, -0.15) is 0 Å². The number of carbonyl (C=O) groups is 2. The SMILES string of the molecule is CC(=O)NCCCN(C(=O)Nc1c(C(C)C)cc(-c2cccc(OCc3cccnc3)c2)cc1C(C)C)c1cc2cccnc2[nH]c1=O. The number of amides is 3. The molecule has 3 N–H and O–H groups in total. The largest absolute Gasteiger partial charge is 0.489 e. The van der Waals surface area contributed by atoms with Gasteiger partial charge in [-0.1, -0.05) is 45.9 Å². The summed E-state index contributed by atoms with van der Waals surface area (Å²) in [4.78, 5) is 51.6. The predicted octanol–water partition coefficient (Wildman–Crippen LogP) is 7.38. The number of fused-ring (bicyclic) bond motifs is 1. The fourth-order valence-electron chi connectivity index (χ4n) is 5.56. The zero-order valence-electron chi connectivity index (χ0n) is 28.0. The minimum Gasteiger partial charge on any atom is -0.489 e. The molecule has 10 nitrogen and oxygen atoms in total. The number of urea groups is 1. The first-order valence-electron chi connectivity index (χ1n) is 16.2. The molecule has 0 aliphatic heterocycles. The molecule has 0 atom stereocenters. The summed E-state index contributed by atoms with van der Waals surface area (Å²) in [7, 11) is 0. The van der Waals surface area contributed by atoms with Gasteiger partial charge in [-0.25, -0.2) is 9.78 Å². The molecule has 0 unspecified atom stereocenters. The number of benzene rings is 2. The van der Waals surface area contributed by atoms with E-state index in [1.54, 1.807) is 30.7 Å². The van der Waals surface area contributed by atoms with Crippen molar-refractivity contribution in [3.8, 4) is 16.9 Å². The maximum Gasteiger partial charge on any atom is 0.326 e. The summed E-state index contributed by atoms with van der Waals surface area (Å²) in [6.45, 7) is 10.8. The Balaban J connectivity index is 1.49. The number of hydrogen-bond donors (Lipinski definition) is 3. The van der Waals surface area contributed by atoms with Gasteiger partial charge in [0.25, 0.3) is 5.56 Å². The molecule has 0 aliphatic rings. The van der Waals surface area contributed by atoms with Gasteiger partial charge in [-0.15, -0.1) is 0 Å². The lowest BCUT2D eigenvalue weighted by molar-refractivity contribution is -0.118. The molecule has 248 valence electrons. The molecule has 0 fully saturated rings. The molecule has 3 heterocycles. The zero-order chi connectivity index (χ0) is 34.2. The number of carbonyl (C=O) groups excluding carboxylic acids is 2. The highest BCUT2D eigenvalue weighted by atomic mass is 16.5. The highest BCUT2D eigenvalue weighted by molar-refractivity contribution is 6.03. The van der Waals surface area contributed by atoms with Gasteiger partial charge >= 0.3 is 6.03 Å². The van der Waals surface area contributed by atoms with Gasteiger partial charge in [-0.3, -0.25) is 19.5 Å². The van der Waals surface area contributed by atoms with Crippen LogP contribution in [0.2, 0.25) is 0 Å². The molecular weight excluding hydrogens is 604 g/mol. The minimum atomic E-state index is -0.436. The molecule has 0 radical (unpaired) electrons. The number of hydrogen-bond acceptors (Lipinski definition) is 6. The minimum absolute atomic E-state index is 0.0751. The molecule has 48 heavy (non-hydrogen) atoms. The molecule has 2 aromatic carbocycles. The summed E-state index contributed by atoms with van der Waals surface area (Å²) in [5.74, 6) is 0.739. The van der Waals surface area contributed by atoms with Crippen molar-refractivity contribution in [2.45, 2.75) is 59.5 Å². The van der Waals surface area contributed by atoms with E-state index in [2.05, 4.69) is 71.5 Å². The summed E-state index contributed by atoms with van der Waals surface area (Å²) in [5.41, 5.74) is 5.88. The van der Waals surface area contributed by atoms with Crippen molar-refractivity contribution in [1.82, 2.24) is 20.3 Å². The quantitative estimate of drug-likeness (QED) is 0.121. The lowest BCUT2D eigenvalue weighted by Crippen LogP contribution is -2.40. The third-order valence-corrected chi connectivity index (χ3v) is 8.04. The summed E-state index contributed by atoms with van der Waals surface area (Å²) in [6, 6.07) is 20.9. The Labute approximate surface area is 280 Å². The van der Waals surface area contributed by atoms with Gasteiger partial charge in [0.1, 0.15) is 23.7 Å². The Morgan fingerprint density at radius 3 is 2.35 bits per heavy atom. The number of nitrogens with zero attached hydrogens (tertiary/aromatic N) is 3. The Hall–Kier alpha value is -5.51. The fourth-order valence-corrected chi connectivity index (χ4v) is 5.56. The Morgan fingerprint density at radius 2 is 1.67 bits per heavy atom. The third-order valence-electron chi connectivity index (χ3n) is 8.04. The highest BCUT2D eigenvalue weighted by Crippen LogP contribution is 2.38. The maximum absolute atomic E-state index is 14.2. The van der Waals surface area contributed by atoms with E-state index in [-0.39, 0.29) is 30.0 Å². The second kappa shape index (κ2) is 15.4. The predicted molar refractivity (Wildman–Crippen MR) is 191 cm³/mol. The molecule has 3 amide bonds. The van der Waals surface area contributed by atoms with Crippen molar-refractivity contribution in [2.24, 2.45) is 0 Å². The van der Waals surface area contributed by atoms with Crippen LogP contribution < -0.4 is 25.8 Å². The normalized spacial score (nSPS) is 11.1. The standard InChI is InChI=1S/C38H42N6O4/c1-24(2)32-19-30(28-11-6-13-31(18-28)48-23-27-10-7-14-39-22-27)20-33(25(3)4)35(32)42-38(47)44(17-9-16-40-26(5)45)34-21-29-12-8-15-41-36(29)43-37(34)46/h6-8,10-15,18-22,24-25H,9,16-17,23H2,1-5H3,(H,40,45)(H,42,47)(H,41,43,46). The van der Waals surface area contributed by atoms with Gasteiger partial charge in [0.15, 0.2) is 0 Å². The number of pyridine rings is 3. The van der Waals surface area contributed by atoms with E-state index in [1.165, 1.54) is 11.8 Å². The number of nitrogens with one attached hydrogen (secondary N) is 3. The first-order chi connectivity index (χ1) is 23.1. The molecule has 5 rings (SSSR count). The van der Waals surface area contributed by atoms with E-state index in [4.69, 9.17) is 4.74 Å². The van der Waals surface area contributed by atoms with Crippen LogP contribution in [0.1, 0.15) is 69.6 Å². The third kappa shape index (κ3) is 8.25. The average Bonchev–Trinajstić information content (AvgIpc) is 3.07. The number of H-pyrrole nitrogens is 1. The van der Waals surface area contributed by atoms with Crippen molar-refractivity contribution >= 4 is 34.3 Å². The van der Waals surface area contributed by atoms with Crippen LogP contribution in [-0.4, -0.2) is 40.0 Å². The molecule has 3 aromatic heterocycles. The van der Waals surface area contributed by atoms with Crippen molar-refractivity contribution in [2.75, 3.05) is 23.3 Å². The van der Waals surface area contributed by atoms with Crippen LogP contribution in [0, 0.1) is 0 Å². The van der Waals surface area contributed by atoms with E-state index in [0.717, 1.165) is 39.3 Å². The molecule has 0 aliphatic carbocycles. The van der Waals surface area contributed by atoms with Crippen LogP contribution >= 0.6 is 0 Å². The second-order valence-electron chi connectivity index (χ2n) is 12.4. The molecule has 0 saturated heterocycles. The molecular formula is C38H42N6O4. The highest BCUT2D eigenvalue weighted by Gasteiger charge is 2.24. The van der Waals surface area contributed by atoms with Crippen molar-refractivity contribution < 1.29 is 14.3 Å². The van der Waals surface area contributed by atoms with Crippen molar-refractivity contribution in [3.63, 3.8) is 0 Å². The van der Waals surface area contributed by atoms with Gasteiger partial charge in [0.05, 0.1) is 0 Å². The Morgan fingerprint density at radius 1 is 0.917 bits per heavy atom. The average molecular weight is 647 g/mol. The van der Waals surface area contributed by atoms with Crippen molar-refractivity contribution in [3.05, 3.63) is 112 Å². The fraction of sp³-hybridized carbons (Fsp3) is 0.289. The molecule has 5 aromatic rings. The van der Waals surface area contributed by atoms with Crippen LogP contribution in [0.15, 0.2) is 90.1 Å². The van der Waals surface area contributed by atoms with Crippen LogP contribution in [0.3, 0.4) is 0 Å². The summed E-state index contributed by atoms with van der Waals surface area (Å²) in [5, 5.41) is 6.67. The Bertz CT molecular complexity index is 1930. The van der Waals surface area contributed by atoms with Crippen LogP contribution in [0.25, 0.3) is 22.2 Å². The number of rotatable bonds is 12. The molecule has 0 saturated carbocycles. The maximum atomic E-state index is 14.2. The first-order valence-corrected chi connectivity index (χ1v) is 16.2. The number of ether oxygens (including phenoxy) is 1. The van der Waals surface area contributed by atoms with E-state index in [9.17, 15) is 14.4 Å². The number of aromatic nitrogens is 3. The summed E-state index contributed by atoms with van der Waals surface area (Å²) in [6.07, 6.45) is 5.58. The van der Waals surface area contributed by atoms with Crippen LogP contribution in [0.5, 0.6) is 5.75 Å². The van der Waals surface area contributed by atoms with Gasteiger partial charge < -0.3 is 20.4 Å². The van der Waals surface area contributed by atoms with Crippen LogP contribution in [0.4, 0.5) is 16.2 Å². The molecule has 0 spiro atoms. The van der Waals surface area contributed by atoms with Gasteiger partial charge in [-0.05, 0) is 89.0 Å². The summed E-state index contributed by atoms with van der Waals surface area (Å²) < 4.78 is 6.09. The number of anilines is 2. The first kappa shape index (κ1) is 33.8. The van der Waals surface area contributed by atoms with E-state index in [1.807, 2.05) is 36.4 Å². The van der Waals surface area contributed by atoms with E-state index in [0.29, 0.717) is 30.6 Å². The van der Waals surface area contributed by atoms with Gasteiger partial charge in [0.2, 0.25) is 5.91 Å². The number of aromatic amines is 1. The second-order valence-corrected chi connectivity index (χ2v) is 12.4. The van der Waals surface area contributed by atoms with Crippen molar-refractivity contribution in [1.29, 1.82) is 0 Å².